The van der Waals surface area contributed by atoms with E-state index in [4.69, 9.17) is 5.73 Å². The Morgan fingerprint density at radius 2 is 1.78 bits per heavy atom. The lowest BCUT2D eigenvalue weighted by Gasteiger charge is -2.21. The molecule has 0 aliphatic heterocycles. The van der Waals surface area contributed by atoms with Crippen LogP contribution in [0.25, 0.3) is 0 Å². The van der Waals surface area contributed by atoms with Crippen molar-refractivity contribution in [3.63, 3.8) is 0 Å². The number of amides is 3. The molecule has 3 amide bonds. The molecule has 1 rings (SSSR count). The summed E-state index contributed by atoms with van der Waals surface area (Å²) in [6.07, 6.45) is 0.492. The normalized spacial score (nSPS) is 12.8. The van der Waals surface area contributed by atoms with Crippen molar-refractivity contribution in [1.29, 1.82) is 0 Å². The molecule has 6 nitrogen and oxygen atoms in total. The van der Waals surface area contributed by atoms with Crippen molar-refractivity contribution in [3.05, 3.63) is 47.0 Å². The van der Waals surface area contributed by atoms with Gasteiger partial charge in [-0.25, -0.2) is 0 Å². The summed E-state index contributed by atoms with van der Waals surface area (Å²) in [4.78, 5) is 35.2. The molecular formula is C16H20BrN3O3. The second-order valence-electron chi connectivity index (χ2n) is 5.13. The summed E-state index contributed by atoms with van der Waals surface area (Å²) < 4.78 is 0.542. The van der Waals surface area contributed by atoms with Crippen LogP contribution in [0.1, 0.15) is 18.9 Å². The van der Waals surface area contributed by atoms with E-state index in [1.807, 2.05) is 30.3 Å². The zero-order valence-electron chi connectivity index (χ0n) is 12.8. The maximum absolute atomic E-state index is 12.4. The van der Waals surface area contributed by atoms with Gasteiger partial charge in [0.15, 0.2) is 0 Å². The van der Waals surface area contributed by atoms with Gasteiger partial charge in [0.2, 0.25) is 17.7 Å². The van der Waals surface area contributed by atoms with Crippen molar-refractivity contribution < 1.29 is 14.4 Å². The van der Waals surface area contributed by atoms with Gasteiger partial charge in [-0.1, -0.05) is 52.8 Å². The Kier molecular flexibility index (Phi) is 7.47. The highest BCUT2D eigenvalue weighted by Crippen LogP contribution is 2.10. The molecule has 0 fully saturated rings. The van der Waals surface area contributed by atoms with Crippen LogP contribution in [-0.2, 0) is 20.8 Å². The van der Waals surface area contributed by atoms with Gasteiger partial charge in [-0.15, -0.1) is 0 Å². The summed E-state index contributed by atoms with van der Waals surface area (Å²) in [7, 11) is 0. The lowest BCUT2D eigenvalue weighted by Crippen LogP contribution is -2.53. The number of benzene rings is 1. The van der Waals surface area contributed by atoms with E-state index in [0.29, 0.717) is 10.9 Å². The summed E-state index contributed by atoms with van der Waals surface area (Å²) in [5.74, 6) is -1.47. The molecule has 1 aromatic rings. The minimum Gasteiger partial charge on any atom is -0.368 e. The van der Waals surface area contributed by atoms with Crippen LogP contribution in [0.2, 0.25) is 0 Å². The Morgan fingerprint density at radius 1 is 1.17 bits per heavy atom. The van der Waals surface area contributed by atoms with E-state index in [-0.39, 0.29) is 12.3 Å². The summed E-state index contributed by atoms with van der Waals surface area (Å²) in [6, 6.07) is 7.59. The number of halogens is 1. The van der Waals surface area contributed by atoms with Crippen LogP contribution < -0.4 is 16.4 Å². The van der Waals surface area contributed by atoms with Gasteiger partial charge in [0, 0.05) is 19.8 Å². The van der Waals surface area contributed by atoms with Gasteiger partial charge in [0.05, 0.1) is 0 Å². The Morgan fingerprint density at radius 3 is 2.26 bits per heavy atom. The molecule has 0 bridgehead atoms. The van der Waals surface area contributed by atoms with Gasteiger partial charge in [-0.2, -0.15) is 0 Å². The monoisotopic (exact) mass is 381 g/mol. The number of rotatable bonds is 8. The third-order valence-electron chi connectivity index (χ3n) is 3.06. The first kappa shape index (κ1) is 18.9. The summed E-state index contributed by atoms with van der Waals surface area (Å²) >= 11 is 3.14. The molecule has 4 N–H and O–H groups in total. The van der Waals surface area contributed by atoms with Crippen molar-refractivity contribution >= 4 is 33.7 Å². The second-order valence-corrected chi connectivity index (χ2v) is 6.25. The first-order chi connectivity index (χ1) is 10.8. The standard InChI is InChI=1S/C16H20BrN3O3/c1-10(17)8-13(15(18)22)20-16(23)14(19-11(2)21)9-12-6-4-3-5-7-12/h3-7,13-14H,1,8-9H2,2H3,(H2,18,22)(H,19,21)(H,20,23)/t13-,14-/m0/s1. The van der Waals surface area contributed by atoms with Crippen molar-refractivity contribution in [1.82, 2.24) is 10.6 Å². The van der Waals surface area contributed by atoms with Crippen LogP contribution >= 0.6 is 15.9 Å². The molecule has 0 aliphatic rings. The first-order valence-corrected chi connectivity index (χ1v) is 7.83. The fourth-order valence-corrected chi connectivity index (χ4v) is 2.34. The van der Waals surface area contributed by atoms with E-state index < -0.39 is 23.9 Å². The van der Waals surface area contributed by atoms with Gasteiger partial charge in [0.25, 0.3) is 0 Å². The number of hydrogen-bond acceptors (Lipinski definition) is 3. The molecule has 1 aromatic carbocycles. The van der Waals surface area contributed by atoms with E-state index in [0.717, 1.165) is 5.56 Å². The number of carbonyl (C=O) groups excluding carboxylic acids is 3. The Balaban J connectivity index is 2.83. The maximum atomic E-state index is 12.4. The largest absolute Gasteiger partial charge is 0.368 e. The van der Waals surface area contributed by atoms with Crippen LogP contribution in [0.3, 0.4) is 0 Å². The zero-order chi connectivity index (χ0) is 17.4. The minimum absolute atomic E-state index is 0.180. The highest BCUT2D eigenvalue weighted by molar-refractivity contribution is 9.11. The highest BCUT2D eigenvalue weighted by atomic mass is 79.9. The number of hydrogen-bond donors (Lipinski definition) is 3. The Bertz CT molecular complexity index is 589. The van der Waals surface area contributed by atoms with Gasteiger partial charge in [0.1, 0.15) is 12.1 Å². The van der Waals surface area contributed by atoms with E-state index in [1.54, 1.807) is 0 Å². The molecule has 0 aromatic heterocycles. The predicted molar refractivity (Wildman–Crippen MR) is 91.6 cm³/mol. The molecule has 23 heavy (non-hydrogen) atoms. The molecule has 0 radical (unpaired) electrons. The molecular weight excluding hydrogens is 362 g/mol. The van der Waals surface area contributed by atoms with Crippen LogP contribution in [0, 0.1) is 0 Å². The lowest BCUT2D eigenvalue weighted by molar-refractivity contribution is -0.130. The van der Waals surface area contributed by atoms with Crippen LogP contribution in [-0.4, -0.2) is 29.8 Å². The highest BCUT2D eigenvalue weighted by Gasteiger charge is 2.25. The van der Waals surface area contributed by atoms with E-state index in [9.17, 15) is 14.4 Å². The molecule has 0 spiro atoms. The minimum atomic E-state index is -0.888. The molecule has 0 heterocycles. The number of primary amides is 1. The lowest BCUT2D eigenvalue weighted by atomic mass is 10.0. The molecule has 0 saturated carbocycles. The van der Waals surface area contributed by atoms with Gasteiger partial charge in [-0.05, 0) is 10.0 Å². The van der Waals surface area contributed by atoms with Gasteiger partial charge in [-0.3, -0.25) is 14.4 Å². The van der Waals surface area contributed by atoms with Crippen molar-refractivity contribution in [3.8, 4) is 0 Å². The average molecular weight is 382 g/mol. The van der Waals surface area contributed by atoms with Crippen LogP contribution in [0.5, 0.6) is 0 Å². The molecule has 0 unspecified atom stereocenters. The Hall–Kier alpha value is -2.15. The van der Waals surface area contributed by atoms with E-state index in [1.165, 1.54) is 6.92 Å². The Labute approximate surface area is 143 Å². The van der Waals surface area contributed by atoms with Crippen molar-refractivity contribution in [2.45, 2.75) is 31.8 Å². The fraction of sp³-hybridized carbons (Fsp3) is 0.312. The number of nitrogens with two attached hydrogens (primary N) is 1. The van der Waals surface area contributed by atoms with Gasteiger partial charge >= 0.3 is 0 Å². The zero-order valence-corrected chi connectivity index (χ0v) is 14.4. The third-order valence-corrected chi connectivity index (χ3v) is 3.39. The second kappa shape index (κ2) is 9.09. The molecule has 0 saturated heterocycles. The average Bonchev–Trinajstić information content (AvgIpc) is 2.45. The summed E-state index contributed by atoms with van der Waals surface area (Å²) in [6.45, 7) is 4.96. The van der Waals surface area contributed by atoms with Crippen LogP contribution in [0.15, 0.2) is 41.4 Å². The summed E-state index contributed by atoms with van der Waals surface area (Å²) in [5.41, 5.74) is 6.17. The summed E-state index contributed by atoms with van der Waals surface area (Å²) in [5, 5.41) is 5.14. The predicted octanol–water partition coefficient (Wildman–Crippen LogP) is 1.00. The van der Waals surface area contributed by atoms with E-state index in [2.05, 4.69) is 33.1 Å². The third kappa shape index (κ3) is 7.10. The maximum Gasteiger partial charge on any atom is 0.243 e. The molecule has 124 valence electrons. The number of nitrogens with one attached hydrogen (secondary N) is 2. The van der Waals surface area contributed by atoms with Crippen molar-refractivity contribution in [2.75, 3.05) is 0 Å². The fourth-order valence-electron chi connectivity index (χ4n) is 2.02. The topological polar surface area (TPSA) is 101 Å². The van der Waals surface area contributed by atoms with E-state index >= 15 is 0 Å². The van der Waals surface area contributed by atoms with Gasteiger partial charge < -0.3 is 16.4 Å². The van der Waals surface area contributed by atoms with Crippen molar-refractivity contribution in [2.24, 2.45) is 5.73 Å². The smallest absolute Gasteiger partial charge is 0.243 e. The first-order valence-electron chi connectivity index (χ1n) is 7.03. The SMILES string of the molecule is C=C(Br)C[C@H](NC(=O)[C@H](Cc1ccccc1)NC(C)=O)C(N)=O. The van der Waals surface area contributed by atoms with Crippen LogP contribution in [0.4, 0.5) is 0 Å². The molecule has 0 aliphatic carbocycles. The number of carbonyl (C=O) groups is 3. The molecule has 7 heteroatoms. The quantitative estimate of drug-likeness (QED) is 0.625. The molecule has 2 atom stereocenters.